The fourth-order valence-corrected chi connectivity index (χ4v) is 4.86. The van der Waals surface area contributed by atoms with E-state index in [1.165, 1.54) is 33.6 Å². The normalized spacial score (nSPS) is 10.8. The van der Waals surface area contributed by atoms with Crippen LogP contribution in [0.4, 0.5) is 5.00 Å². The van der Waals surface area contributed by atoms with E-state index in [1.807, 2.05) is 12.1 Å². The number of esters is 1. The summed E-state index contributed by atoms with van der Waals surface area (Å²) in [6, 6.07) is 8.93. The third-order valence-electron chi connectivity index (χ3n) is 4.69. The van der Waals surface area contributed by atoms with Crippen molar-refractivity contribution in [2.75, 3.05) is 19.0 Å². The number of hydrogen-bond donors (Lipinski definition) is 1. The lowest BCUT2D eigenvalue weighted by Crippen LogP contribution is -2.27. The Morgan fingerprint density at radius 2 is 1.94 bits per heavy atom. The first-order chi connectivity index (χ1) is 15.5. The van der Waals surface area contributed by atoms with E-state index in [4.69, 9.17) is 9.47 Å². The number of anilines is 1. The van der Waals surface area contributed by atoms with Crippen molar-refractivity contribution in [2.45, 2.75) is 13.5 Å². The molecule has 10 heteroatoms. The number of rotatable bonds is 7. The largest absolute Gasteiger partial charge is 0.497 e. The van der Waals surface area contributed by atoms with Crippen LogP contribution in [0.2, 0.25) is 0 Å². The van der Waals surface area contributed by atoms with Crippen LogP contribution in [0, 0.1) is 0 Å². The number of aromatic nitrogens is 2. The summed E-state index contributed by atoms with van der Waals surface area (Å²) >= 11 is 2.58. The number of benzene rings is 1. The van der Waals surface area contributed by atoms with Crippen molar-refractivity contribution in [3.63, 3.8) is 0 Å². The molecule has 0 saturated carbocycles. The van der Waals surface area contributed by atoms with E-state index >= 15 is 0 Å². The molecule has 1 aromatic carbocycles. The molecule has 32 heavy (non-hydrogen) atoms. The standard InChI is InChI=1S/C22H19N3O5S2/c1-3-30-22(28)18-16(13-4-6-14(29-2)7-5-13)11-32-20(18)24-17(26)10-25-12-23-19-15(21(25)27)8-9-31-19/h4-9,11-12H,3,10H2,1-2H3,(H,24,26). The number of fused-ring (bicyclic) bond motifs is 1. The van der Waals surface area contributed by atoms with Crippen LogP contribution in [0.15, 0.2) is 52.2 Å². The first-order valence-corrected chi connectivity index (χ1v) is 11.4. The van der Waals surface area contributed by atoms with Crippen LogP contribution in [0.5, 0.6) is 5.75 Å². The SMILES string of the molecule is CCOC(=O)c1c(-c2ccc(OC)cc2)csc1NC(=O)Cn1cnc2sccc2c1=O. The van der Waals surface area contributed by atoms with Crippen molar-refractivity contribution in [1.29, 1.82) is 0 Å². The summed E-state index contributed by atoms with van der Waals surface area (Å²) in [5, 5.41) is 7.14. The van der Waals surface area contributed by atoms with Crippen molar-refractivity contribution in [3.8, 4) is 16.9 Å². The molecule has 0 aliphatic heterocycles. The average Bonchev–Trinajstić information content (AvgIpc) is 3.43. The van der Waals surface area contributed by atoms with Crippen molar-refractivity contribution >= 4 is 49.8 Å². The molecule has 0 aliphatic rings. The predicted molar refractivity (Wildman–Crippen MR) is 125 cm³/mol. The molecule has 4 aromatic rings. The van der Waals surface area contributed by atoms with Crippen molar-refractivity contribution < 1.29 is 19.1 Å². The molecule has 0 unspecified atom stereocenters. The molecule has 0 radical (unpaired) electrons. The highest BCUT2D eigenvalue weighted by molar-refractivity contribution is 7.16. The molecule has 0 spiro atoms. The highest BCUT2D eigenvalue weighted by atomic mass is 32.1. The highest BCUT2D eigenvalue weighted by Gasteiger charge is 2.23. The maximum Gasteiger partial charge on any atom is 0.341 e. The van der Waals surface area contributed by atoms with Crippen LogP contribution in [-0.4, -0.2) is 35.1 Å². The zero-order chi connectivity index (χ0) is 22.7. The monoisotopic (exact) mass is 469 g/mol. The zero-order valence-electron chi connectivity index (χ0n) is 17.3. The second kappa shape index (κ2) is 9.33. The molecule has 164 valence electrons. The number of nitrogens with zero attached hydrogens (tertiary/aromatic N) is 2. The van der Waals surface area contributed by atoms with E-state index in [2.05, 4.69) is 10.3 Å². The maximum atomic E-state index is 12.7. The van der Waals surface area contributed by atoms with Crippen LogP contribution in [0.25, 0.3) is 21.3 Å². The Kier molecular flexibility index (Phi) is 6.33. The Balaban J connectivity index is 1.62. The van der Waals surface area contributed by atoms with Gasteiger partial charge in [-0.05, 0) is 36.1 Å². The quantitative estimate of drug-likeness (QED) is 0.411. The molecular formula is C22H19N3O5S2. The van der Waals surface area contributed by atoms with Gasteiger partial charge >= 0.3 is 5.97 Å². The van der Waals surface area contributed by atoms with Crippen molar-refractivity contribution in [3.05, 3.63) is 63.3 Å². The molecule has 3 heterocycles. The van der Waals surface area contributed by atoms with Gasteiger partial charge in [0.15, 0.2) is 0 Å². The number of carbonyl (C=O) groups excluding carboxylic acids is 2. The van der Waals surface area contributed by atoms with E-state index < -0.39 is 11.9 Å². The van der Waals surface area contributed by atoms with Gasteiger partial charge in [-0.3, -0.25) is 14.2 Å². The fraction of sp³-hybridized carbons (Fsp3) is 0.182. The van der Waals surface area contributed by atoms with E-state index in [0.717, 1.165) is 5.56 Å². The number of nitrogens with one attached hydrogen (secondary N) is 1. The molecule has 0 saturated heterocycles. The fourth-order valence-electron chi connectivity index (χ4n) is 3.17. The molecule has 0 fully saturated rings. The molecule has 8 nitrogen and oxygen atoms in total. The minimum Gasteiger partial charge on any atom is -0.497 e. The Bertz CT molecular complexity index is 1340. The highest BCUT2D eigenvalue weighted by Crippen LogP contribution is 2.36. The Morgan fingerprint density at radius 1 is 1.16 bits per heavy atom. The lowest BCUT2D eigenvalue weighted by atomic mass is 10.0. The number of carbonyl (C=O) groups is 2. The lowest BCUT2D eigenvalue weighted by molar-refractivity contribution is -0.116. The van der Waals surface area contributed by atoms with Crippen LogP contribution in [0.1, 0.15) is 17.3 Å². The first kappa shape index (κ1) is 21.7. The summed E-state index contributed by atoms with van der Waals surface area (Å²) < 4.78 is 11.7. The van der Waals surface area contributed by atoms with Crippen LogP contribution in [-0.2, 0) is 16.1 Å². The van der Waals surface area contributed by atoms with E-state index in [0.29, 0.717) is 26.5 Å². The van der Waals surface area contributed by atoms with Crippen LogP contribution < -0.4 is 15.6 Å². The zero-order valence-corrected chi connectivity index (χ0v) is 18.9. The summed E-state index contributed by atoms with van der Waals surface area (Å²) in [5.41, 5.74) is 1.41. The van der Waals surface area contributed by atoms with Gasteiger partial charge in [0.05, 0.1) is 25.4 Å². The van der Waals surface area contributed by atoms with Gasteiger partial charge in [0, 0.05) is 10.9 Å². The van der Waals surface area contributed by atoms with E-state index in [1.54, 1.807) is 43.0 Å². The molecule has 0 aliphatic carbocycles. The topological polar surface area (TPSA) is 99.5 Å². The minimum absolute atomic E-state index is 0.200. The molecule has 3 aromatic heterocycles. The molecule has 1 N–H and O–H groups in total. The number of thiophene rings is 2. The first-order valence-electron chi connectivity index (χ1n) is 9.67. The second-order valence-electron chi connectivity index (χ2n) is 6.67. The van der Waals surface area contributed by atoms with Crippen molar-refractivity contribution in [2.24, 2.45) is 0 Å². The van der Waals surface area contributed by atoms with Gasteiger partial charge in [0.1, 0.15) is 27.7 Å². The molecular weight excluding hydrogens is 450 g/mol. The van der Waals surface area contributed by atoms with Gasteiger partial charge in [0.2, 0.25) is 5.91 Å². The van der Waals surface area contributed by atoms with Gasteiger partial charge in [-0.25, -0.2) is 9.78 Å². The van der Waals surface area contributed by atoms with Gasteiger partial charge in [-0.2, -0.15) is 0 Å². The second-order valence-corrected chi connectivity index (χ2v) is 8.44. The summed E-state index contributed by atoms with van der Waals surface area (Å²) in [5.74, 6) is -0.289. The molecule has 0 bridgehead atoms. The van der Waals surface area contributed by atoms with Crippen LogP contribution in [0.3, 0.4) is 0 Å². The third kappa shape index (κ3) is 4.27. The predicted octanol–water partition coefficient (Wildman–Crippen LogP) is 4.01. The van der Waals surface area contributed by atoms with Gasteiger partial charge in [-0.1, -0.05) is 12.1 Å². The van der Waals surface area contributed by atoms with Gasteiger partial charge < -0.3 is 14.8 Å². The maximum absolute atomic E-state index is 12.7. The smallest absolute Gasteiger partial charge is 0.341 e. The van der Waals surface area contributed by atoms with Gasteiger partial charge in [-0.15, -0.1) is 22.7 Å². The molecule has 4 rings (SSSR count). The lowest BCUT2D eigenvalue weighted by Gasteiger charge is -2.10. The van der Waals surface area contributed by atoms with Crippen LogP contribution >= 0.6 is 22.7 Å². The van der Waals surface area contributed by atoms with E-state index in [9.17, 15) is 14.4 Å². The number of amides is 1. The summed E-state index contributed by atoms with van der Waals surface area (Å²) in [6.45, 7) is 1.69. The number of hydrogen-bond acceptors (Lipinski definition) is 8. The number of methoxy groups -OCH3 is 1. The number of ether oxygens (including phenoxy) is 2. The van der Waals surface area contributed by atoms with Gasteiger partial charge in [0.25, 0.3) is 5.56 Å². The average molecular weight is 470 g/mol. The summed E-state index contributed by atoms with van der Waals surface area (Å²) in [6.07, 6.45) is 1.35. The molecule has 0 atom stereocenters. The minimum atomic E-state index is -0.534. The third-order valence-corrected chi connectivity index (χ3v) is 6.41. The Hall–Kier alpha value is -3.50. The summed E-state index contributed by atoms with van der Waals surface area (Å²) in [7, 11) is 1.58. The van der Waals surface area contributed by atoms with E-state index in [-0.39, 0.29) is 24.3 Å². The van der Waals surface area contributed by atoms with Crippen molar-refractivity contribution in [1.82, 2.24) is 9.55 Å². The Labute approximate surface area is 191 Å². The summed E-state index contributed by atoms with van der Waals surface area (Å²) in [4.78, 5) is 42.8. The Morgan fingerprint density at radius 3 is 2.66 bits per heavy atom. The molecule has 1 amide bonds.